The average Bonchev–Trinajstić information content (AvgIpc) is 2.89. The minimum Gasteiger partial charge on any atom is -0.477 e. The molecule has 0 saturated carbocycles. The maximum absolute atomic E-state index is 12.9. The number of carbonyl (C=O) groups is 1. The SMILES string of the molecule is CN(C)C=Nc1c(C(=O)O)c(C#N)nn1-c1c(Cl)cc(C(F)(F)F)cc1Cl. The van der Waals surface area contributed by atoms with Gasteiger partial charge in [-0.1, -0.05) is 23.2 Å². The predicted molar refractivity (Wildman–Crippen MR) is 92.1 cm³/mol. The van der Waals surface area contributed by atoms with Gasteiger partial charge in [0.15, 0.2) is 11.5 Å². The molecular formula is C15H10Cl2F3N5O2. The first-order chi connectivity index (χ1) is 12.5. The topological polar surface area (TPSA) is 94.5 Å². The summed E-state index contributed by atoms with van der Waals surface area (Å²) in [6.07, 6.45) is -3.46. The number of hydrogen-bond donors (Lipinski definition) is 1. The van der Waals surface area contributed by atoms with Crippen molar-refractivity contribution in [2.24, 2.45) is 4.99 Å². The molecule has 2 rings (SSSR count). The van der Waals surface area contributed by atoms with Crippen LogP contribution in [0.25, 0.3) is 5.69 Å². The molecule has 12 heteroatoms. The molecule has 0 aliphatic carbocycles. The summed E-state index contributed by atoms with van der Waals surface area (Å²) in [7, 11) is 3.21. The third kappa shape index (κ3) is 4.15. The van der Waals surface area contributed by atoms with Crippen molar-refractivity contribution in [3.63, 3.8) is 0 Å². The number of hydrogen-bond acceptors (Lipinski definition) is 4. The molecule has 7 nitrogen and oxygen atoms in total. The van der Waals surface area contributed by atoms with Crippen LogP contribution in [-0.4, -0.2) is 46.2 Å². The molecule has 1 heterocycles. The van der Waals surface area contributed by atoms with Gasteiger partial charge in [-0.05, 0) is 12.1 Å². The molecule has 0 fully saturated rings. The summed E-state index contributed by atoms with van der Waals surface area (Å²) >= 11 is 11.9. The fourth-order valence-corrected chi connectivity index (χ4v) is 2.71. The van der Waals surface area contributed by atoms with Gasteiger partial charge in [-0.15, -0.1) is 0 Å². The van der Waals surface area contributed by atoms with Crippen LogP contribution in [0.15, 0.2) is 17.1 Å². The normalized spacial score (nSPS) is 11.6. The quantitative estimate of drug-likeness (QED) is 0.597. The molecule has 0 aliphatic heterocycles. The highest BCUT2D eigenvalue weighted by molar-refractivity contribution is 6.38. The van der Waals surface area contributed by atoms with Gasteiger partial charge in [-0.3, -0.25) is 0 Å². The van der Waals surface area contributed by atoms with Crippen molar-refractivity contribution in [1.29, 1.82) is 5.26 Å². The van der Waals surface area contributed by atoms with E-state index < -0.39 is 39.0 Å². The van der Waals surface area contributed by atoms with Gasteiger partial charge in [0.25, 0.3) is 0 Å². The molecule has 1 N–H and O–H groups in total. The Labute approximate surface area is 160 Å². The molecule has 1 aromatic carbocycles. The van der Waals surface area contributed by atoms with Crippen LogP contribution in [0, 0.1) is 11.3 Å². The molecule has 0 radical (unpaired) electrons. The zero-order chi connectivity index (χ0) is 20.5. The third-order valence-corrected chi connectivity index (χ3v) is 3.72. The Hall–Kier alpha value is -2.77. The van der Waals surface area contributed by atoms with Crippen molar-refractivity contribution in [3.05, 3.63) is 39.0 Å². The number of nitriles is 1. The third-order valence-electron chi connectivity index (χ3n) is 3.15. The van der Waals surface area contributed by atoms with Crippen molar-refractivity contribution in [2.45, 2.75) is 6.18 Å². The second-order valence-corrected chi connectivity index (χ2v) is 6.18. The van der Waals surface area contributed by atoms with Crippen molar-refractivity contribution in [1.82, 2.24) is 14.7 Å². The second kappa shape index (κ2) is 7.46. The first-order valence-electron chi connectivity index (χ1n) is 7.01. The lowest BCUT2D eigenvalue weighted by atomic mass is 10.2. The first-order valence-corrected chi connectivity index (χ1v) is 7.76. The smallest absolute Gasteiger partial charge is 0.416 e. The number of aromatic nitrogens is 2. The highest BCUT2D eigenvalue weighted by atomic mass is 35.5. The number of alkyl halides is 3. The largest absolute Gasteiger partial charge is 0.477 e. The fourth-order valence-electron chi connectivity index (χ4n) is 2.06. The molecule has 0 amide bonds. The Bertz CT molecular complexity index is 954. The number of halogens is 5. The van der Waals surface area contributed by atoms with Crippen LogP contribution in [-0.2, 0) is 6.18 Å². The van der Waals surface area contributed by atoms with Crippen molar-refractivity contribution in [2.75, 3.05) is 14.1 Å². The summed E-state index contributed by atoms with van der Waals surface area (Å²) in [5, 5.41) is 21.5. The molecule has 0 unspecified atom stereocenters. The standard InChI is InChI=1S/C15H10Cl2F3N5O2/c1-24(2)6-22-13-11(14(26)27)10(5-21)23-25(13)12-8(16)3-7(4-9(12)17)15(18,19)20/h3-4,6H,1-2H3,(H,26,27). The zero-order valence-electron chi connectivity index (χ0n) is 13.7. The lowest BCUT2D eigenvalue weighted by Crippen LogP contribution is -2.09. The van der Waals surface area contributed by atoms with Crippen LogP contribution in [0.3, 0.4) is 0 Å². The maximum Gasteiger partial charge on any atom is 0.416 e. The van der Waals surface area contributed by atoms with Gasteiger partial charge < -0.3 is 10.0 Å². The monoisotopic (exact) mass is 419 g/mol. The summed E-state index contributed by atoms with van der Waals surface area (Å²) in [6.45, 7) is 0. The number of aliphatic imine (C=N–C) groups is 1. The highest BCUT2D eigenvalue weighted by Gasteiger charge is 2.33. The molecule has 0 atom stereocenters. The van der Waals surface area contributed by atoms with Crippen molar-refractivity contribution >= 4 is 41.3 Å². The molecule has 0 aliphatic rings. The molecule has 27 heavy (non-hydrogen) atoms. The molecule has 0 spiro atoms. The van der Waals surface area contributed by atoms with E-state index in [1.54, 1.807) is 20.2 Å². The molecule has 2 aromatic rings. The number of carboxylic acids is 1. The van der Waals surface area contributed by atoms with Crippen LogP contribution in [0.5, 0.6) is 0 Å². The highest BCUT2D eigenvalue weighted by Crippen LogP contribution is 2.39. The Kier molecular flexibility index (Phi) is 5.67. The average molecular weight is 420 g/mol. The van der Waals surface area contributed by atoms with E-state index in [0.717, 1.165) is 4.68 Å². The lowest BCUT2D eigenvalue weighted by Gasteiger charge is -2.13. The van der Waals surface area contributed by atoms with E-state index in [9.17, 15) is 23.1 Å². The maximum atomic E-state index is 12.9. The number of nitrogens with zero attached hydrogens (tertiary/aromatic N) is 5. The van der Waals surface area contributed by atoms with Crippen LogP contribution < -0.4 is 0 Å². The zero-order valence-corrected chi connectivity index (χ0v) is 15.2. The minimum atomic E-state index is -4.69. The van der Waals surface area contributed by atoms with Gasteiger partial charge in [0, 0.05) is 14.1 Å². The molecule has 0 bridgehead atoms. The predicted octanol–water partition coefficient (Wildman–Crippen LogP) is 3.99. The lowest BCUT2D eigenvalue weighted by molar-refractivity contribution is -0.137. The Morgan fingerprint density at radius 2 is 1.93 bits per heavy atom. The van der Waals surface area contributed by atoms with E-state index in [0.29, 0.717) is 12.1 Å². The van der Waals surface area contributed by atoms with E-state index in [1.165, 1.54) is 11.2 Å². The minimum absolute atomic E-state index is 0.235. The summed E-state index contributed by atoms with van der Waals surface area (Å²) in [5.74, 6) is -1.82. The number of aromatic carboxylic acids is 1. The molecule has 0 saturated heterocycles. The fraction of sp³-hybridized carbons (Fsp3) is 0.200. The van der Waals surface area contributed by atoms with Crippen LogP contribution >= 0.6 is 23.2 Å². The summed E-state index contributed by atoms with van der Waals surface area (Å²) in [6, 6.07) is 2.85. The Morgan fingerprint density at radius 3 is 2.33 bits per heavy atom. The van der Waals surface area contributed by atoms with E-state index in [4.69, 9.17) is 28.5 Å². The van der Waals surface area contributed by atoms with Gasteiger partial charge in [0.05, 0.1) is 21.9 Å². The van der Waals surface area contributed by atoms with E-state index in [1.807, 2.05) is 0 Å². The Morgan fingerprint density at radius 1 is 1.37 bits per heavy atom. The molecule has 1 aromatic heterocycles. The van der Waals surface area contributed by atoms with E-state index in [2.05, 4.69) is 10.1 Å². The Balaban J connectivity index is 2.83. The van der Waals surface area contributed by atoms with Gasteiger partial charge in [-0.25, -0.2) is 14.5 Å². The van der Waals surface area contributed by atoms with Gasteiger partial charge in [-0.2, -0.15) is 23.5 Å². The molecule has 142 valence electrons. The second-order valence-electron chi connectivity index (χ2n) is 5.37. The van der Waals surface area contributed by atoms with Crippen molar-refractivity contribution < 1.29 is 23.1 Å². The molecular weight excluding hydrogens is 410 g/mol. The van der Waals surface area contributed by atoms with Crippen LogP contribution in [0.4, 0.5) is 19.0 Å². The van der Waals surface area contributed by atoms with Crippen molar-refractivity contribution in [3.8, 4) is 11.8 Å². The summed E-state index contributed by atoms with van der Waals surface area (Å²) in [5.41, 5.74) is -2.37. The van der Waals surface area contributed by atoms with Gasteiger partial charge in [0.1, 0.15) is 17.3 Å². The van der Waals surface area contributed by atoms with E-state index in [-0.39, 0.29) is 11.5 Å². The van der Waals surface area contributed by atoms with Crippen LogP contribution in [0.1, 0.15) is 21.6 Å². The summed E-state index contributed by atoms with van der Waals surface area (Å²) in [4.78, 5) is 17.0. The number of benzene rings is 1. The van der Waals surface area contributed by atoms with Gasteiger partial charge >= 0.3 is 12.1 Å². The number of carboxylic acid groups (broad SMARTS) is 1. The first kappa shape index (κ1) is 20.5. The van der Waals surface area contributed by atoms with Gasteiger partial charge in [0.2, 0.25) is 0 Å². The van der Waals surface area contributed by atoms with Crippen LogP contribution in [0.2, 0.25) is 10.0 Å². The summed E-state index contributed by atoms with van der Waals surface area (Å²) < 4.78 is 39.6. The number of rotatable bonds is 4. The van der Waals surface area contributed by atoms with E-state index >= 15 is 0 Å².